The van der Waals surface area contributed by atoms with Gasteiger partial charge >= 0.3 is 5.69 Å². The second kappa shape index (κ2) is 11.7. The van der Waals surface area contributed by atoms with E-state index in [4.69, 9.17) is 20.8 Å². The van der Waals surface area contributed by atoms with E-state index < -0.39 is 5.78 Å². The van der Waals surface area contributed by atoms with E-state index in [0.29, 0.717) is 50.0 Å². The number of benzene rings is 3. The van der Waals surface area contributed by atoms with Gasteiger partial charge in [-0.25, -0.2) is 4.79 Å². The fraction of sp³-hybridized carbons (Fsp3) is 0.194. The number of hydrogen-bond donors (Lipinski definition) is 0. The Morgan fingerprint density at radius 1 is 0.977 bits per heavy atom. The Labute approximate surface area is 259 Å². The van der Waals surface area contributed by atoms with Crippen molar-refractivity contribution < 1.29 is 18.7 Å². The molecule has 0 atom stereocenters. The molecule has 1 aliphatic heterocycles. The van der Waals surface area contributed by atoms with E-state index in [2.05, 4.69) is 26.1 Å². The summed E-state index contributed by atoms with van der Waals surface area (Å²) < 4.78 is 15.4. The van der Waals surface area contributed by atoms with Crippen LogP contribution in [0.25, 0.3) is 17.3 Å². The lowest BCUT2D eigenvalue weighted by Gasteiger charge is -2.28. The van der Waals surface area contributed by atoms with Crippen molar-refractivity contribution in [3.8, 4) is 23.0 Å². The number of carbonyl (C=O) groups is 2. The van der Waals surface area contributed by atoms with Gasteiger partial charge in [-0.05, 0) is 72.2 Å². The van der Waals surface area contributed by atoms with Crippen LogP contribution < -0.4 is 10.4 Å². The number of aromatic nitrogens is 4. The van der Waals surface area contributed by atoms with Crippen LogP contribution in [0.1, 0.15) is 46.1 Å². The molecule has 0 radical (unpaired) electrons. The largest absolute Gasteiger partial charge is 0.491 e. The van der Waals surface area contributed by atoms with E-state index in [9.17, 15) is 14.4 Å². The van der Waals surface area contributed by atoms with E-state index in [1.54, 1.807) is 82.3 Å². The molecule has 43 heavy (non-hydrogen) atoms. The maximum absolute atomic E-state index is 13.9. The zero-order valence-electron chi connectivity index (χ0n) is 23.2. The summed E-state index contributed by atoms with van der Waals surface area (Å²) in [6, 6.07) is 20.6. The molecular formula is C31H25BrClN5O5. The SMILES string of the molecule is CC(C)Oc1ccc(-n2c(-c3nnc(C(=O)c4ccccc4)o3)c3n(c2=O)CCN(C(=O)c2ccc(Br)c(Cl)c2)C3)cc1. The van der Waals surface area contributed by atoms with E-state index >= 15 is 0 Å². The summed E-state index contributed by atoms with van der Waals surface area (Å²) in [6.45, 7) is 4.48. The molecule has 1 aliphatic rings. The van der Waals surface area contributed by atoms with Crippen LogP contribution in [0.3, 0.4) is 0 Å². The summed E-state index contributed by atoms with van der Waals surface area (Å²) in [5.74, 6) is -0.272. The van der Waals surface area contributed by atoms with Crippen LogP contribution in [0.4, 0.5) is 0 Å². The molecule has 12 heteroatoms. The van der Waals surface area contributed by atoms with Crippen LogP contribution in [0.15, 0.2) is 86.5 Å². The van der Waals surface area contributed by atoms with Crippen LogP contribution in [0.5, 0.6) is 5.75 Å². The first kappa shape index (κ1) is 28.6. The predicted molar refractivity (Wildman–Crippen MR) is 163 cm³/mol. The summed E-state index contributed by atoms with van der Waals surface area (Å²) in [7, 11) is 0. The van der Waals surface area contributed by atoms with Crippen molar-refractivity contribution >= 4 is 39.2 Å². The number of imidazole rings is 1. The Kier molecular flexibility index (Phi) is 7.76. The van der Waals surface area contributed by atoms with E-state index in [-0.39, 0.29) is 42.6 Å². The van der Waals surface area contributed by atoms with Crippen molar-refractivity contribution in [3.63, 3.8) is 0 Å². The molecule has 2 aromatic heterocycles. The second-order valence-electron chi connectivity index (χ2n) is 10.2. The minimum Gasteiger partial charge on any atom is -0.491 e. The maximum atomic E-state index is 13.9. The van der Waals surface area contributed by atoms with Crippen molar-refractivity contribution in [2.75, 3.05) is 6.54 Å². The molecule has 10 nitrogen and oxygen atoms in total. The molecule has 0 saturated heterocycles. The van der Waals surface area contributed by atoms with Crippen molar-refractivity contribution in [2.24, 2.45) is 0 Å². The Bertz CT molecular complexity index is 1900. The van der Waals surface area contributed by atoms with Gasteiger partial charge in [0.1, 0.15) is 11.4 Å². The third-order valence-electron chi connectivity index (χ3n) is 6.96. The van der Waals surface area contributed by atoms with Gasteiger partial charge in [-0.15, -0.1) is 10.2 Å². The molecule has 218 valence electrons. The van der Waals surface area contributed by atoms with Gasteiger partial charge in [-0.1, -0.05) is 41.9 Å². The van der Waals surface area contributed by atoms with E-state index in [1.165, 1.54) is 4.57 Å². The van der Waals surface area contributed by atoms with Gasteiger partial charge in [0, 0.05) is 28.7 Å². The van der Waals surface area contributed by atoms with Gasteiger partial charge in [-0.3, -0.25) is 18.7 Å². The van der Waals surface area contributed by atoms with Gasteiger partial charge < -0.3 is 14.1 Å². The van der Waals surface area contributed by atoms with Crippen LogP contribution in [0.2, 0.25) is 5.02 Å². The van der Waals surface area contributed by atoms with Crippen molar-refractivity contribution in [1.82, 2.24) is 24.2 Å². The second-order valence-corrected chi connectivity index (χ2v) is 11.5. The normalized spacial score (nSPS) is 12.8. The Hall–Kier alpha value is -4.48. The van der Waals surface area contributed by atoms with Crippen LogP contribution in [-0.2, 0) is 13.1 Å². The van der Waals surface area contributed by atoms with Crippen molar-refractivity contribution in [1.29, 1.82) is 0 Å². The fourth-order valence-corrected chi connectivity index (χ4v) is 5.40. The Balaban J connectivity index is 1.44. The minimum absolute atomic E-state index is 0.0194. The average Bonchev–Trinajstić information content (AvgIpc) is 3.61. The molecule has 1 amide bonds. The summed E-state index contributed by atoms with van der Waals surface area (Å²) in [5.41, 5.74) is 1.80. The van der Waals surface area contributed by atoms with Gasteiger partial charge in [-0.2, -0.15) is 0 Å². The van der Waals surface area contributed by atoms with Crippen molar-refractivity contribution in [2.45, 2.75) is 33.0 Å². The maximum Gasteiger partial charge on any atom is 0.333 e. The number of ether oxygens (including phenoxy) is 1. The number of amides is 1. The van der Waals surface area contributed by atoms with E-state index in [0.717, 1.165) is 0 Å². The van der Waals surface area contributed by atoms with Crippen LogP contribution in [-0.4, -0.2) is 48.6 Å². The Morgan fingerprint density at radius 2 is 1.72 bits per heavy atom. The first-order valence-electron chi connectivity index (χ1n) is 13.5. The average molecular weight is 663 g/mol. The van der Waals surface area contributed by atoms with Crippen LogP contribution in [0, 0.1) is 0 Å². The molecule has 0 aliphatic carbocycles. The molecule has 0 bridgehead atoms. The highest BCUT2D eigenvalue weighted by atomic mass is 79.9. The van der Waals surface area contributed by atoms with Gasteiger partial charge in [0.2, 0.25) is 5.78 Å². The smallest absolute Gasteiger partial charge is 0.333 e. The molecule has 3 aromatic carbocycles. The highest BCUT2D eigenvalue weighted by Gasteiger charge is 2.33. The predicted octanol–water partition coefficient (Wildman–Crippen LogP) is 5.78. The molecule has 0 saturated carbocycles. The number of carbonyl (C=O) groups excluding carboxylic acids is 2. The lowest BCUT2D eigenvalue weighted by molar-refractivity contribution is 0.0710. The standard InChI is InChI=1S/C31H25BrClN5O5/c1-18(2)42-22-11-9-21(10-12-22)38-26(28-34-35-29(43-28)27(39)19-6-4-3-5-7-19)25-17-36(14-15-37(25)31(38)41)30(40)20-8-13-23(32)24(33)16-20/h3-13,16,18H,14-15,17H2,1-2H3. The van der Waals surface area contributed by atoms with Gasteiger partial charge in [0.25, 0.3) is 17.7 Å². The number of nitrogens with zero attached hydrogens (tertiary/aromatic N) is 5. The zero-order valence-corrected chi connectivity index (χ0v) is 25.5. The molecule has 0 fully saturated rings. The van der Waals surface area contributed by atoms with Crippen molar-refractivity contribution in [3.05, 3.63) is 115 Å². The highest BCUT2D eigenvalue weighted by molar-refractivity contribution is 9.10. The highest BCUT2D eigenvalue weighted by Crippen LogP contribution is 2.31. The number of hydrogen-bond acceptors (Lipinski definition) is 7. The lowest BCUT2D eigenvalue weighted by Crippen LogP contribution is -2.40. The lowest BCUT2D eigenvalue weighted by atomic mass is 10.1. The summed E-state index contributed by atoms with van der Waals surface area (Å²) in [5, 5.41) is 8.62. The minimum atomic E-state index is -0.444. The quantitative estimate of drug-likeness (QED) is 0.203. The molecule has 0 N–H and O–H groups in total. The van der Waals surface area contributed by atoms with Gasteiger partial charge in [0.05, 0.1) is 29.1 Å². The van der Waals surface area contributed by atoms with Gasteiger partial charge in [0.15, 0.2) is 0 Å². The third-order valence-corrected chi connectivity index (χ3v) is 8.19. The summed E-state index contributed by atoms with van der Waals surface area (Å²) >= 11 is 9.61. The first-order valence-corrected chi connectivity index (χ1v) is 14.7. The van der Waals surface area contributed by atoms with Crippen LogP contribution >= 0.6 is 27.5 Å². The number of ketones is 1. The monoisotopic (exact) mass is 661 g/mol. The first-order chi connectivity index (χ1) is 20.7. The Morgan fingerprint density at radius 3 is 2.42 bits per heavy atom. The topological polar surface area (TPSA) is 112 Å². The summed E-state index contributed by atoms with van der Waals surface area (Å²) in [4.78, 5) is 42.1. The molecule has 3 heterocycles. The van der Waals surface area contributed by atoms with E-state index in [1.807, 2.05) is 13.8 Å². The fourth-order valence-electron chi connectivity index (χ4n) is 4.97. The number of halogens is 2. The number of rotatable bonds is 7. The number of fused-ring (bicyclic) bond motifs is 1. The zero-order chi connectivity index (χ0) is 30.2. The molecule has 0 spiro atoms. The molecule has 5 aromatic rings. The third kappa shape index (κ3) is 5.53. The molecule has 0 unspecified atom stereocenters. The summed E-state index contributed by atoms with van der Waals surface area (Å²) in [6.07, 6.45) is -0.0194. The molecular weight excluding hydrogens is 638 g/mol. The molecule has 6 rings (SSSR count).